The Labute approximate surface area is 137 Å². The number of furan rings is 1. The van der Waals surface area contributed by atoms with Crippen LogP contribution in [0.2, 0.25) is 0 Å². The van der Waals surface area contributed by atoms with Gasteiger partial charge in [-0.05, 0) is 38.3 Å². The van der Waals surface area contributed by atoms with Gasteiger partial charge in [-0.2, -0.15) is 0 Å². The van der Waals surface area contributed by atoms with Gasteiger partial charge in [0.1, 0.15) is 17.6 Å². The molecule has 0 spiro atoms. The zero-order chi connectivity index (χ0) is 16.2. The molecule has 1 N–H and O–H groups in total. The average molecular weight is 322 g/mol. The third kappa shape index (κ3) is 3.94. The third-order valence-corrected chi connectivity index (χ3v) is 4.72. The Morgan fingerprint density at radius 1 is 1.39 bits per heavy atom. The zero-order valence-electron chi connectivity index (χ0n) is 13.9. The highest BCUT2D eigenvalue weighted by atomic mass is 16.5. The number of fused-ring (bicyclic) bond motifs is 1. The third-order valence-electron chi connectivity index (χ3n) is 4.72. The SMILES string of the molecule is COCCNC(=O)[C@H]1CC[C@@H]2[C@@H](CCN2Cc2ccc(C)o2)O1. The fraction of sp³-hybridized carbons (Fsp3) is 0.706. The van der Waals surface area contributed by atoms with Crippen molar-refractivity contribution >= 4 is 5.91 Å². The van der Waals surface area contributed by atoms with E-state index in [-0.39, 0.29) is 18.1 Å². The van der Waals surface area contributed by atoms with Crippen LogP contribution in [0.25, 0.3) is 0 Å². The number of nitrogens with one attached hydrogen (secondary N) is 1. The molecule has 3 atom stereocenters. The monoisotopic (exact) mass is 322 g/mol. The summed E-state index contributed by atoms with van der Waals surface area (Å²) in [5.41, 5.74) is 0. The summed E-state index contributed by atoms with van der Waals surface area (Å²) in [6.07, 6.45) is 2.57. The summed E-state index contributed by atoms with van der Waals surface area (Å²) in [4.78, 5) is 14.5. The van der Waals surface area contributed by atoms with Gasteiger partial charge in [-0.1, -0.05) is 0 Å². The molecule has 2 fully saturated rings. The molecular formula is C17H26N2O4. The molecule has 0 radical (unpaired) electrons. The molecule has 0 aromatic carbocycles. The van der Waals surface area contributed by atoms with Crippen molar-refractivity contribution in [1.29, 1.82) is 0 Å². The normalized spacial score (nSPS) is 27.8. The van der Waals surface area contributed by atoms with E-state index in [1.807, 2.05) is 19.1 Å². The minimum absolute atomic E-state index is 0.0133. The molecule has 6 heteroatoms. The largest absolute Gasteiger partial charge is 0.465 e. The van der Waals surface area contributed by atoms with Gasteiger partial charge in [-0.25, -0.2) is 0 Å². The number of carbonyl (C=O) groups is 1. The number of hydrogen-bond acceptors (Lipinski definition) is 5. The lowest BCUT2D eigenvalue weighted by atomic mass is 9.98. The van der Waals surface area contributed by atoms with Crippen LogP contribution in [0.4, 0.5) is 0 Å². The molecule has 2 aliphatic rings. The standard InChI is InChI=1S/C17H26N2O4/c1-12-3-4-13(22-12)11-19-9-7-15-14(19)5-6-16(23-15)17(20)18-8-10-21-2/h3-4,14-16H,5-11H2,1-2H3,(H,18,20)/t14-,15-,16-/m1/s1. The fourth-order valence-corrected chi connectivity index (χ4v) is 3.56. The average Bonchev–Trinajstić information content (AvgIpc) is 3.14. The van der Waals surface area contributed by atoms with Crippen LogP contribution in [0.1, 0.15) is 30.8 Å². The molecule has 1 aromatic rings. The lowest BCUT2D eigenvalue weighted by molar-refractivity contribution is -0.144. The first kappa shape index (κ1) is 16.5. The van der Waals surface area contributed by atoms with Gasteiger partial charge in [-0.3, -0.25) is 9.69 Å². The fourth-order valence-electron chi connectivity index (χ4n) is 3.56. The number of methoxy groups -OCH3 is 1. The number of amides is 1. The van der Waals surface area contributed by atoms with Gasteiger partial charge in [0.05, 0.1) is 19.3 Å². The molecule has 3 heterocycles. The number of aryl methyl sites for hydroxylation is 1. The van der Waals surface area contributed by atoms with Crippen molar-refractivity contribution in [3.63, 3.8) is 0 Å². The molecule has 3 rings (SSSR count). The Morgan fingerprint density at radius 3 is 3.00 bits per heavy atom. The van der Waals surface area contributed by atoms with E-state index in [2.05, 4.69) is 10.2 Å². The summed E-state index contributed by atoms with van der Waals surface area (Å²) < 4.78 is 16.7. The molecular weight excluding hydrogens is 296 g/mol. The number of rotatable bonds is 6. The van der Waals surface area contributed by atoms with Crippen molar-refractivity contribution in [3.8, 4) is 0 Å². The highest BCUT2D eigenvalue weighted by molar-refractivity contribution is 5.80. The maximum atomic E-state index is 12.1. The van der Waals surface area contributed by atoms with Gasteiger partial charge in [-0.15, -0.1) is 0 Å². The van der Waals surface area contributed by atoms with Crippen LogP contribution < -0.4 is 5.32 Å². The number of nitrogens with zero attached hydrogens (tertiary/aromatic N) is 1. The smallest absolute Gasteiger partial charge is 0.249 e. The number of likely N-dealkylation sites (tertiary alicyclic amines) is 1. The molecule has 2 aliphatic heterocycles. The second-order valence-electron chi connectivity index (χ2n) is 6.36. The Bertz CT molecular complexity index is 530. The highest BCUT2D eigenvalue weighted by Crippen LogP contribution is 2.32. The minimum atomic E-state index is -0.320. The van der Waals surface area contributed by atoms with E-state index in [9.17, 15) is 4.79 Å². The van der Waals surface area contributed by atoms with Gasteiger partial charge >= 0.3 is 0 Å². The van der Waals surface area contributed by atoms with Crippen LogP contribution in [-0.4, -0.2) is 55.9 Å². The zero-order valence-corrected chi connectivity index (χ0v) is 13.9. The Balaban J connectivity index is 1.50. The first-order valence-corrected chi connectivity index (χ1v) is 8.39. The Kier molecular flexibility index (Phi) is 5.35. The van der Waals surface area contributed by atoms with E-state index in [0.717, 1.165) is 43.9 Å². The van der Waals surface area contributed by atoms with Crippen molar-refractivity contribution in [1.82, 2.24) is 10.2 Å². The summed E-state index contributed by atoms with van der Waals surface area (Å²) in [6.45, 7) is 4.84. The quantitative estimate of drug-likeness (QED) is 0.804. The Hall–Kier alpha value is -1.37. The molecule has 0 saturated carbocycles. The van der Waals surface area contributed by atoms with E-state index in [1.165, 1.54) is 0 Å². The van der Waals surface area contributed by atoms with Crippen molar-refractivity contribution in [2.75, 3.05) is 26.8 Å². The van der Waals surface area contributed by atoms with E-state index < -0.39 is 0 Å². The van der Waals surface area contributed by atoms with E-state index >= 15 is 0 Å². The van der Waals surface area contributed by atoms with Crippen molar-refractivity contribution < 1.29 is 18.7 Å². The lowest BCUT2D eigenvalue weighted by Gasteiger charge is -2.35. The number of carbonyl (C=O) groups excluding carboxylic acids is 1. The first-order valence-electron chi connectivity index (χ1n) is 8.39. The predicted molar refractivity (Wildman–Crippen MR) is 85.0 cm³/mol. The topological polar surface area (TPSA) is 63.9 Å². The van der Waals surface area contributed by atoms with Crippen molar-refractivity contribution in [2.24, 2.45) is 0 Å². The van der Waals surface area contributed by atoms with E-state index in [4.69, 9.17) is 13.9 Å². The summed E-state index contributed by atoms with van der Waals surface area (Å²) in [5.74, 6) is 1.94. The second kappa shape index (κ2) is 7.47. The lowest BCUT2D eigenvalue weighted by Crippen LogP contribution is -2.48. The van der Waals surface area contributed by atoms with Crippen molar-refractivity contribution in [3.05, 3.63) is 23.7 Å². The molecule has 1 aromatic heterocycles. The molecule has 0 aliphatic carbocycles. The van der Waals surface area contributed by atoms with Gasteiger partial charge in [0.25, 0.3) is 0 Å². The van der Waals surface area contributed by atoms with Gasteiger partial charge in [0, 0.05) is 26.2 Å². The van der Waals surface area contributed by atoms with Crippen LogP contribution in [0, 0.1) is 6.92 Å². The summed E-state index contributed by atoms with van der Waals surface area (Å²) >= 11 is 0. The minimum Gasteiger partial charge on any atom is -0.465 e. The van der Waals surface area contributed by atoms with E-state index in [0.29, 0.717) is 19.2 Å². The Morgan fingerprint density at radius 2 is 2.26 bits per heavy atom. The molecule has 0 unspecified atom stereocenters. The van der Waals surface area contributed by atoms with Crippen LogP contribution in [0.5, 0.6) is 0 Å². The van der Waals surface area contributed by atoms with Crippen LogP contribution in [-0.2, 0) is 20.8 Å². The van der Waals surface area contributed by atoms with Crippen LogP contribution >= 0.6 is 0 Å². The second-order valence-corrected chi connectivity index (χ2v) is 6.36. The van der Waals surface area contributed by atoms with Gasteiger partial charge < -0.3 is 19.2 Å². The molecule has 0 bridgehead atoms. The van der Waals surface area contributed by atoms with Crippen LogP contribution in [0.15, 0.2) is 16.5 Å². The van der Waals surface area contributed by atoms with Crippen molar-refractivity contribution in [2.45, 2.75) is 51.0 Å². The van der Waals surface area contributed by atoms with Crippen LogP contribution in [0.3, 0.4) is 0 Å². The molecule has 2 saturated heterocycles. The predicted octanol–water partition coefficient (Wildman–Crippen LogP) is 1.47. The molecule has 6 nitrogen and oxygen atoms in total. The summed E-state index contributed by atoms with van der Waals surface area (Å²) in [7, 11) is 1.63. The van der Waals surface area contributed by atoms with Gasteiger partial charge in [0.15, 0.2) is 0 Å². The summed E-state index contributed by atoms with van der Waals surface area (Å²) in [5, 5.41) is 2.87. The number of hydrogen-bond donors (Lipinski definition) is 1. The van der Waals surface area contributed by atoms with E-state index in [1.54, 1.807) is 7.11 Å². The first-order chi connectivity index (χ1) is 11.2. The summed E-state index contributed by atoms with van der Waals surface area (Å²) in [6, 6.07) is 4.43. The highest BCUT2D eigenvalue weighted by Gasteiger charge is 2.41. The maximum Gasteiger partial charge on any atom is 0.249 e. The van der Waals surface area contributed by atoms with Gasteiger partial charge in [0.2, 0.25) is 5.91 Å². The molecule has 1 amide bonds. The molecule has 23 heavy (non-hydrogen) atoms. The molecule has 128 valence electrons. The number of ether oxygens (including phenoxy) is 2. The maximum absolute atomic E-state index is 12.1.